The van der Waals surface area contributed by atoms with Crippen LogP contribution in [0.5, 0.6) is 0 Å². The van der Waals surface area contributed by atoms with Gasteiger partial charge in [0.1, 0.15) is 5.76 Å². The fourth-order valence-electron chi connectivity index (χ4n) is 3.52. The van der Waals surface area contributed by atoms with E-state index in [0.717, 1.165) is 35.4 Å². The number of benzene rings is 1. The van der Waals surface area contributed by atoms with E-state index in [9.17, 15) is 4.79 Å². The number of imidazole rings is 1. The molecule has 0 radical (unpaired) electrons. The van der Waals surface area contributed by atoms with Crippen molar-refractivity contribution in [3.63, 3.8) is 0 Å². The Bertz CT molecular complexity index is 1240. The number of amides is 1. The molecule has 3 aromatic heterocycles. The average Bonchev–Trinajstić information content (AvgIpc) is 3.34. The second kappa shape index (κ2) is 7.95. The number of rotatable bonds is 6. The van der Waals surface area contributed by atoms with Gasteiger partial charge in [-0.05, 0) is 39.3 Å². The first-order valence-corrected chi connectivity index (χ1v) is 10.2. The third-order valence-corrected chi connectivity index (χ3v) is 5.67. The Morgan fingerprint density at radius 2 is 2.00 bits per heavy atom. The minimum absolute atomic E-state index is 0.214. The van der Waals surface area contributed by atoms with Gasteiger partial charge in [0.05, 0.1) is 34.0 Å². The molecule has 0 saturated carbocycles. The van der Waals surface area contributed by atoms with Crippen LogP contribution < -0.4 is 5.32 Å². The number of para-hydroxylation sites is 2. The maximum Gasteiger partial charge on any atom is 0.280 e. The number of carbonyl (C=O) groups excluding carboxylic acids is 1. The third-order valence-electron chi connectivity index (χ3n) is 5.13. The highest BCUT2D eigenvalue weighted by Crippen LogP contribution is 2.24. The molecule has 0 saturated heterocycles. The van der Waals surface area contributed by atoms with E-state index in [4.69, 9.17) is 16.1 Å². The van der Waals surface area contributed by atoms with Crippen LogP contribution in [0.15, 0.2) is 28.8 Å². The largest absolute Gasteiger partial charge is 0.361 e. The van der Waals surface area contributed by atoms with Crippen molar-refractivity contribution in [2.24, 2.45) is 0 Å². The van der Waals surface area contributed by atoms with Crippen molar-refractivity contribution in [2.45, 2.75) is 47.2 Å². The standard InChI is InChI=1S/C21H23ClN6O2/c1-5-10-27-17-9-7-6-8-16(17)23-21(27)24-20(29)19-15(14(4)30-26-19)11-28-13(3)18(22)12(2)25-28/h6-9H,5,10-11H2,1-4H3,(H,23,24,29). The topological polar surface area (TPSA) is 90.8 Å². The van der Waals surface area contributed by atoms with Gasteiger partial charge in [-0.2, -0.15) is 5.10 Å². The van der Waals surface area contributed by atoms with Crippen molar-refractivity contribution in [1.82, 2.24) is 24.5 Å². The van der Waals surface area contributed by atoms with E-state index in [-0.39, 0.29) is 11.6 Å². The van der Waals surface area contributed by atoms with E-state index in [1.807, 2.05) is 42.7 Å². The summed E-state index contributed by atoms with van der Waals surface area (Å²) in [5.74, 6) is 0.678. The molecule has 0 unspecified atom stereocenters. The monoisotopic (exact) mass is 426 g/mol. The Labute approximate surface area is 178 Å². The molecule has 1 amide bonds. The smallest absolute Gasteiger partial charge is 0.280 e. The summed E-state index contributed by atoms with van der Waals surface area (Å²) in [6, 6.07) is 7.80. The first kappa shape index (κ1) is 20.2. The molecular weight excluding hydrogens is 404 g/mol. The molecule has 3 heterocycles. The number of halogens is 1. The number of carbonyl (C=O) groups is 1. The van der Waals surface area contributed by atoms with Crippen molar-refractivity contribution in [3.8, 4) is 0 Å². The maximum absolute atomic E-state index is 13.1. The van der Waals surface area contributed by atoms with Crippen LogP contribution in [0, 0.1) is 20.8 Å². The van der Waals surface area contributed by atoms with Crippen LogP contribution in [0.2, 0.25) is 5.02 Å². The normalized spacial score (nSPS) is 11.4. The van der Waals surface area contributed by atoms with E-state index in [0.29, 0.717) is 28.8 Å². The van der Waals surface area contributed by atoms with Crippen LogP contribution in [0.3, 0.4) is 0 Å². The molecular formula is C21H23ClN6O2. The average molecular weight is 427 g/mol. The van der Waals surface area contributed by atoms with Crippen molar-refractivity contribution in [2.75, 3.05) is 5.32 Å². The number of hydrogen-bond acceptors (Lipinski definition) is 5. The zero-order chi connectivity index (χ0) is 21.4. The lowest BCUT2D eigenvalue weighted by atomic mass is 10.2. The van der Waals surface area contributed by atoms with Gasteiger partial charge < -0.3 is 9.09 Å². The Morgan fingerprint density at radius 1 is 1.23 bits per heavy atom. The van der Waals surface area contributed by atoms with Gasteiger partial charge in [-0.15, -0.1) is 0 Å². The summed E-state index contributed by atoms with van der Waals surface area (Å²) in [6.45, 7) is 8.67. The lowest BCUT2D eigenvalue weighted by Crippen LogP contribution is -2.19. The summed E-state index contributed by atoms with van der Waals surface area (Å²) in [4.78, 5) is 17.7. The molecule has 0 bridgehead atoms. The molecule has 0 aliphatic carbocycles. The SMILES string of the molecule is CCCn1c(NC(=O)c2noc(C)c2Cn2nc(C)c(Cl)c2C)nc2ccccc21. The van der Waals surface area contributed by atoms with Crippen LogP contribution >= 0.6 is 11.6 Å². The van der Waals surface area contributed by atoms with Crippen LogP contribution in [-0.2, 0) is 13.1 Å². The fourth-order valence-corrected chi connectivity index (χ4v) is 3.65. The van der Waals surface area contributed by atoms with Crippen LogP contribution in [-0.4, -0.2) is 30.4 Å². The highest BCUT2D eigenvalue weighted by atomic mass is 35.5. The van der Waals surface area contributed by atoms with Gasteiger partial charge in [0.15, 0.2) is 5.69 Å². The first-order valence-electron chi connectivity index (χ1n) is 9.82. The van der Waals surface area contributed by atoms with E-state index in [2.05, 4.69) is 27.5 Å². The summed E-state index contributed by atoms with van der Waals surface area (Å²) in [6.07, 6.45) is 0.913. The number of aryl methyl sites for hydroxylation is 3. The highest BCUT2D eigenvalue weighted by molar-refractivity contribution is 6.31. The molecule has 0 spiro atoms. The molecule has 0 aliphatic rings. The predicted octanol–water partition coefficient (Wildman–Crippen LogP) is 4.51. The van der Waals surface area contributed by atoms with Gasteiger partial charge in [0.2, 0.25) is 5.95 Å². The molecule has 0 fully saturated rings. The Balaban J connectivity index is 1.66. The van der Waals surface area contributed by atoms with E-state index in [1.165, 1.54) is 0 Å². The van der Waals surface area contributed by atoms with Gasteiger partial charge in [-0.25, -0.2) is 4.98 Å². The van der Waals surface area contributed by atoms with Crippen LogP contribution in [0.25, 0.3) is 11.0 Å². The minimum atomic E-state index is -0.373. The fraction of sp³-hybridized carbons (Fsp3) is 0.333. The lowest BCUT2D eigenvalue weighted by molar-refractivity contribution is 0.101. The lowest BCUT2D eigenvalue weighted by Gasteiger charge is -2.09. The summed E-state index contributed by atoms with van der Waals surface area (Å²) in [7, 11) is 0. The highest BCUT2D eigenvalue weighted by Gasteiger charge is 2.23. The summed E-state index contributed by atoms with van der Waals surface area (Å²) >= 11 is 6.26. The Morgan fingerprint density at radius 3 is 2.70 bits per heavy atom. The maximum atomic E-state index is 13.1. The summed E-state index contributed by atoms with van der Waals surface area (Å²) < 4.78 is 9.08. The minimum Gasteiger partial charge on any atom is -0.361 e. The molecule has 4 aromatic rings. The molecule has 156 valence electrons. The van der Waals surface area contributed by atoms with Gasteiger partial charge in [0.25, 0.3) is 5.91 Å². The van der Waals surface area contributed by atoms with E-state index >= 15 is 0 Å². The van der Waals surface area contributed by atoms with Gasteiger partial charge in [-0.1, -0.05) is 35.8 Å². The third kappa shape index (κ3) is 3.47. The number of fused-ring (bicyclic) bond motifs is 1. The van der Waals surface area contributed by atoms with Crippen molar-refractivity contribution >= 4 is 34.5 Å². The second-order valence-electron chi connectivity index (χ2n) is 7.24. The van der Waals surface area contributed by atoms with Gasteiger partial charge in [0, 0.05) is 12.1 Å². The van der Waals surface area contributed by atoms with E-state index in [1.54, 1.807) is 11.6 Å². The predicted molar refractivity (Wildman–Crippen MR) is 115 cm³/mol. The number of nitrogens with one attached hydrogen (secondary N) is 1. The quantitative estimate of drug-likeness (QED) is 0.489. The van der Waals surface area contributed by atoms with Crippen molar-refractivity contribution in [1.29, 1.82) is 0 Å². The zero-order valence-corrected chi connectivity index (χ0v) is 18.1. The molecule has 1 N–H and O–H groups in total. The van der Waals surface area contributed by atoms with E-state index < -0.39 is 0 Å². The molecule has 4 rings (SSSR count). The Hall–Kier alpha value is -3.13. The van der Waals surface area contributed by atoms with Crippen LogP contribution in [0.1, 0.15) is 46.5 Å². The number of nitrogens with zero attached hydrogens (tertiary/aromatic N) is 5. The zero-order valence-electron chi connectivity index (χ0n) is 17.4. The number of hydrogen-bond donors (Lipinski definition) is 1. The summed E-state index contributed by atoms with van der Waals surface area (Å²) in [5.41, 5.74) is 4.24. The van der Waals surface area contributed by atoms with Crippen molar-refractivity contribution < 1.29 is 9.32 Å². The molecule has 30 heavy (non-hydrogen) atoms. The Kier molecular flexibility index (Phi) is 5.34. The number of anilines is 1. The number of aromatic nitrogens is 5. The van der Waals surface area contributed by atoms with Crippen LogP contribution in [0.4, 0.5) is 5.95 Å². The second-order valence-corrected chi connectivity index (χ2v) is 7.62. The summed E-state index contributed by atoms with van der Waals surface area (Å²) in [5, 5.41) is 12.0. The van der Waals surface area contributed by atoms with Gasteiger partial charge in [-0.3, -0.25) is 14.8 Å². The molecule has 9 heteroatoms. The molecule has 1 aromatic carbocycles. The molecule has 0 aliphatic heterocycles. The first-order chi connectivity index (χ1) is 14.4. The molecule has 0 atom stereocenters. The molecule has 8 nitrogen and oxygen atoms in total. The van der Waals surface area contributed by atoms with Gasteiger partial charge >= 0.3 is 0 Å². The van der Waals surface area contributed by atoms with Crippen molar-refractivity contribution in [3.05, 3.63) is 57.7 Å².